The van der Waals surface area contributed by atoms with Crippen molar-refractivity contribution in [3.05, 3.63) is 75.2 Å². The lowest BCUT2D eigenvalue weighted by molar-refractivity contribution is -0.291. The monoisotopic (exact) mass is 530 g/mol. The summed E-state index contributed by atoms with van der Waals surface area (Å²) in [4.78, 5) is 16.8. The summed E-state index contributed by atoms with van der Waals surface area (Å²) in [5.41, 5.74) is -0.630. The van der Waals surface area contributed by atoms with E-state index in [4.69, 9.17) is 11.6 Å². The Morgan fingerprint density at radius 1 is 1.06 bits per heavy atom. The lowest BCUT2D eigenvalue weighted by atomic mass is 10.2. The number of aromatic nitrogens is 5. The maximum Gasteiger partial charge on any atom is 0.459 e. The molecule has 0 aliphatic rings. The molecular weight excluding hydrogens is 514 g/mol. The lowest BCUT2D eigenvalue weighted by Gasteiger charge is -2.20. The number of rotatable bonds is 5. The first-order chi connectivity index (χ1) is 16.7. The van der Waals surface area contributed by atoms with Gasteiger partial charge in [0, 0.05) is 16.8 Å². The van der Waals surface area contributed by atoms with Gasteiger partial charge in [-0.3, -0.25) is 9.48 Å². The molecule has 4 aromatic rings. The SMILES string of the molecule is Cc1cc(C(F)(F)C(F)(F)F)n2nc(C(=O)Nc3c(C)nn(Cc4ccc(F)cc4Cl)c3C)cc2n1. The Balaban J connectivity index is 1.66. The van der Waals surface area contributed by atoms with E-state index in [1.54, 1.807) is 13.8 Å². The van der Waals surface area contributed by atoms with Crippen molar-refractivity contribution in [1.29, 1.82) is 0 Å². The smallest absolute Gasteiger partial charge is 0.317 e. The molecule has 7 nitrogen and oxygen atoms in total. The van der Waals surface area contributed by atoms with Crippen LogP contribution in [0.25, 0.3) is 5.65 Å². The van der Waals surface area contributed by atoms with Gasteiger partial charge in [0.1, 0.15) is 11.5 Å². The molecular formula is C22H17ClF6N6O. The van der Waals surface area contributed by atoms with Crippen LogP contribution in [0, 0.1) is 26.6 Å². The van der Waals surface area contributed by atoms with Crippen LogP contribution in [0.2, 0.25) is 5.02 Å². The summed E-state index contributed by atoms with van der Waals surface area (Å²) >= 11 is 6.07. The highest BCUT2D eigenvalue weighted by molar-refractivity contribution is 6.31. The van der Waals surface area contributed by atoms with Crippen LogP contribution in [-0.4, -0.2) is 36.5 Å². The third-order valence-corrected chi connectivity index (χ3v) is 5.77. The molecule has 3 heterocycles. The van der Waals surface area contributed by atoms with Gasteiger partial charge in [0.05, 0.1) is 23.6 Å². The molecule has 0 aliphatic carbocycles. The standard InChI is InChI=1S/C22H17ClF6N6O/c1-10-6-17(21(25,26)22(27,28)29)35-18(30-10)8-16(33-35)20(36)31-19-11(2)32-34(12(19)3)9-13-4-5-14(24)7-15(13)23/h4-8H,9H2,1-3H3,(H,31,36). The average Bonchev–Trinajstić information content (AvgIpc) is 3.30. The van der Waals surface area contributed by atoms with Gasteiger partial charge >= 0.3 is 12.1 Å². The topological polar surface area (TPSA) is 77.1 Å². The Kier molecular flexibility index (Phi) is 6.23. The number of aryl methyl sites for hydroxylation is 2. The number of hydrogen-bond donors (Lipinski definition) is 1. The Morgan fingerprint density at radius 2 is 1.75 bits per heavy atom. The van der Waals surface area contributed by atoms with Gasteiger partial charge in [-0.15, -0.1) is 0 Å². The first-order valence-corrected chi connectivity index (χ1v) is 10.7. The van der Waals surface area contributed by atoms with Gasteiger partial charge in [-0.05, 0) is 44.5 Å². The number of halogens is 7. The molecule has 0 bridgehead atoms. The van der Waals surface area contributed by atoms with Gasteiger partial charge in [-0.1, -0.05) is 17.7 Å². The Morgan fingerprint density at radius 3 is 2.39 bits per heavy atom. The first-order valence-electron chi connectivity index (χ1n) is 10.3. The van der Waals surface area contributed by atoms with Crippen molar-refractivity contribution < 1.29 is 31.1 Å². The average molecular weight is 531 g/mol. The van der Waals surface area contributed by atoms with Crippen LogP contribution in [0.3, 0.4) is 0 Å². The van der Waals surface area contributed by atoms with Crippen molar-refractivity contribution in [2.24, 2.45) is 0 Å². The zero-order valence-corrected chi connectivity index (χ0v) is 19.6. The van der Waals surface area contributed by atoms with Gasteiger partial charge in [0.2, 0.25) is 0 Å². The summed E-state index contributed by atoms with van der Waals surface area (Å²) in [6.45, 7) is 4.65. The quantitative estimate of drug-likeness (QED) is 0.341. The molecule has 0 saturated carbocycles. The Hall–Kier alpha value is -3.61. The zero-order chi connectivity index (χ0) is 26.6. The summed E-state index contributed by atoms with van der Waals surface area (Å²) < 4.78 is 82.4. The van der Waals surface area contributed by atoms with E-state index in [9.17, 15) is 31.1 Å². The predicted octanol–water partition coefficient (Wildman–Crippen LogP) is 5.60. The summed E-state index contributed by atoms with van der Waals surface area (Å²) in [6.07, 6.45) is -5.88. The fourth-order valence-corrected chi connectivity index (χ4v) is 3.83. The molecule has 0 saturated heterocycles. The number of nitrogens with zero attached hydrogens (tertiary/aromatic N) is 5. The lowest BCUT2D eigenvalue weighted by Crippen LogP contribution is -2.36. The number of fused-ring (bicyclic) bond motifs is 1. The molecule has 1 aromatic carbocycles. The van der Waals surface area contributed by atoms with Crippen molar-refractivity contribution in [3.63, 3.8) is 0 Å². The summed E-state index contributed by atoms with van der Waals surface area (Å²) in [5.74, 6) is -6.60. The van der Waals surface area contributed by atoms with Crippen LogP contribution < -0.4 is 5.32 Å². The second-order valence-electron chi connectivity index (χ2n) is 8.05. The fraction of sp³-hybridized carbons (Fsp3) is 0.273. The highest BCUT2D eigenvalue weighted by Crippen LogP contribution is 2.43. The van der Waals surface area contributed by atoms with Crippen molar-refractivity contribution in [1.82, 2.24) is 24.4 Å². The van der Waals surface area contributed by atoms with Gasteiger partial charge < -0.3 is 5.32 Å². The highest BCUT2D eigenvalue weighted by Gasteiger charge is 2.60. The summed E-state index contributed by atoms with van der Waals surface area (Å²) in [5, 5.41) is 10.7. The van der Waals surface area contributed by atoms with Crippen LogP contribution in [0.5, 0.6) is 0 Å². The number of anilines is 1. The van der Waals surface area contributed by atoms with E-state index in [0.29, 0.717) is 27.5 Å². The number of nitrogens with one attached hydrogen (secondary N) is 1. The molecule has 0 spiro atoms. The number of alkyl halides is 5. The molecule has 0 atom stereocenters. The minimum absolute atomic E-state index is 0.110. The predicted molar refractivity (Wildman–Crippen MR) is 118 cm³/mol. The molecule has 0 aliphatic heterocycles. The van der Waals surface area contributed by atoms with Crippen molar-refractivity contribution >= 4 is 28.8 Å². The van der Waals surface area contributed by atoms with Gasteiger partial charge in [-0.2, -0.15) is 32.1 Å². The maximum atomic E-state index is 14.1. The van der Waals surface area contributed by atoms with Gasteiger partial charge in [0.15, 0.2) is 11.3 Å². The van der Waals surface area contributed by atoms with E-state index in [1.165, 1.54) is 23.7 Å². The molecule has 190 valence electrons. The number of amides is 1. The molecule has 0 fully saturated rings. The Bertz CT molecular complexity index is 1490. The molecule has 1 amide bonds. The van der Waals surface area contributed by atoms with Crippen molar-refractivity contribution in [2.45, 2.75) is 39.4 Å². The number of carbonyl (C=O) groups is 1. The molecule has 14 heteroatoms. The van der Waals surface area contributed by atoms with Crippen LogP contribution in [0.4, 0.5) is 32.0 Å². The molecule has 3 aromatic heterocycles. The number of hydrogen-bond acceptors (Lipinski definition) is 4. The first kappa shape index (κ1) is 25.5. The third kappa shape index (κ3) is 4.50. The van der Waals surface area contributed by atoms with E-state index >= 15 is 0 Å². The fourth-order valence-electron chi connectivity index (χ4n) is 3.60. The molecule has 36 heavy (non-hydrogen) atoms. The number of benzene rings is 1. The van der Waals surface area contributed by atoms with Crippen molar-refractivity contribution in [2.75, 3.05) is 5.32 Å². The molecule has 4 rings (SSSR count). The van der Waals surface area contributed by atoms with E-state index in [2.05, 4.69) is 20.5 Å². The third-order valence-electron chi connectivity index (χ3n) is 5.42. The van der Waals surface area contributed by atoms with Crippen LogP contribution in [0.15, 0.2) is 30.3 Å². The number of carbonyl (C=O) groups excluding carboxylic acids is 1. The van der Waals surface area contributed by atoms with E-state index < -0.39 is 35.2 Å². The van der Waals surface area contributed by atoms with Crippen molar-refractivity contribution in [3.8, 4) is 0 Å². The maximum absolute atomic E-state index is 14.1. The van der Waals surface area contributed by atoms with E-state index in [1.807, 2.05) is 0 Å². The highest BCUT2D eigenvalue weighted by atomic mass is 35.5. The molecule has 1 N–H and O–H groups in total. The second-order valence-corrected chi connectivity index (χ2v) is 8.46. The van der Waals surface area contributed by atoms with Gasteiger partial charge in [0.25, 0.3) is 5.91 Å². The Labute approximate surface area is 204 Å². The normalized spacial score (nSPS) is 12.4. The van der Waals surface area contributed by atoms with Crippen LogP contribution in [0.1, 0.15) is 38.8 Å². The summed E-state index contributed by atoms with van der Waals surface area (Å²) in [7, 11) is 0. The van der Waals surface area contributed by atoms with E-state index in [0.717, 1.165) is 12.1 Å². The van der Waals surface area contributed by atoms with Crippen LogP contribution in [-0.2, 0) is 12.5 Å². The van der Waals surface area contributed by atoms with Gasteiger partial charge in [-0.25, -0.2) is 13.9 Å². The molecule has 0 unspecified atom stereocenters. The summed E-state index contributed by atoms with van der Waals surface area (Å²) in [6, 6.07) is 5.46. The molecule has 0 radical (unpaired) electrons. The van der Waals surface area contributed by atoms with Crippen LogP contribution >= 0.6 is 11.6 Å². The minimum Gasteiger partial charge on any atom is -0.317 e. The zero-order valence-electron chi connectivity index (χ0n) is 18.9. The van der Waals surface area contributed by atoms with E-state index in [-0.39, 0.29) is 28.6 Å². The minimum atomic E-state index is -5.88. The second kappa shape index (κ2) is 8.80. The largest absolute Gasteiger partial charge is 0.459 e.